The molecular weight excluding hydrogens is 244 g/mol. The van der Waals surface area contributed by atoms with E-state index < -0.39 is 0 Å². The van der Waals surface area contributed by atoms with Gasteiger partial charge in [-0.25, -0.2) is 4.98 Å². The number of aryl methyl sites for hydroxylation is 1. The van der Waals surface area contributed by atoms with E-state index in [4.69, 9.17) is 0 Å². The summed E-state index contributed by atoms with van der Waals surface area (Å²) in [4.78, 5) is 21.6. The monoisotopic (exact) mass is 260 g/mol. The van der Waals surface area contributed by atoms with Gasteiger partial charge in [-0.05, 0) is 12.8 Å². The number of amides is 1. The number of nitrogens with one attached hydrogen (secondary N) is 1. The van der Waals surface area contributed by atoms with Crippen molar-refractivity contribution in [3.63, 3.8) is 0 Å². The van der Waals surface area contributed by atoms with Crippen LogP contribution in [0.2, 0.25) is 0 Å². The number of hydrogen-bond donors (Lipinski definition) is 1. The fraction of sp³-hybridized carbons (Fsp3) is 0.500. The third-order valence-electron chi connectivity index (χ3n) is 3.44. The molecule has 0 spiro atoms. The molecule has 0 aliphatic carbocycles. The molecule has 0 radical (unpaired) electrons. The summed E-state index contributed by atoms with van der Waals surface area (Å²) >= 11 is 0. The standard InChI is InChI=1S/C12H16N6O/c1-17-8-10(15-16-17)12(19)18-6-2-3-9(7-18)11-13-4-5-14-11/h4-5,8-9H,2-3,6-7H2,1H3,(H,13,14). The number of likely N-dealkylation sites (tertiary alicyclic amines) is 1. The zero-order valence-corrected chi connectivity index (χ0v) is 10.8. The molecule has 1 unspecified atom stereocenters. The van der Waals surface area contributed by atoms with E-state index in [1.54, 1.807) is 24.1 Å². The van der Waals surface area contributed by atoms with Gasteiger partial charge in [0.15, 0.2) is 5.69 Å². The zero-order chi connectivity index (χ0) is 13.2. The van der Waals surface area contributed by atoms with Crippen LogP contribution in [0, 0.1) is 0 Å². The highest BCUT2D eigenvalue weighted by Crippen LogP contribution is 2.24. The Hall–Kier alpha value is -2.18. The molecule has 1 aliphatic rings. The summed E-state index contributed by atoms with van der Waals surface area (Å²) in [6.45, 7) is 1.45. The Kier molecular flexibility index (Phi) is 3.02. The first kappa shape index (κ1) is 11.9. The van der Waals surface area contributed by atoms with Gasteiger partial charge in [0.1, 0.15) is 5.82 Å². The van der Waals surface area contributed by atoms with Crippen LogP contribution in [0.25, 0.3) is 0 Å². The van der Waals surface area contributed by atoms with Crippen LogP contribution in [0.15, 0.2) is 18.6 Å². The molecule has 19 heavy (non-hydrogen) atoms. The molecule has 0 aromatic carbocycles. The van der Waals surface area contributed by atoms with E-state index in [9.17, 15) is 4.79 Å². The van der Waals surface area contributed by atoms with Crippen molar-refractivity contribution in [3.05, 3.63) is 30.1 Å². The SMILES string of the molecule is Cn1cc(C(=O)N2CCCC(c3ncc[nH]3)C2)nn1. The lowest BCUT2D eigenvalue weighted by atomic mass is 9.97. The largest absolute Gasteiger partial charge is 0.348 e. The summed E-state index contributed by atoms with van der Waals surface area (Å²) in [5, 5.41) is 7.68. The van der Waals surface area contributed by atoms with Gasteiger partial charge in [-0.3, -0.25) is 9.48 Å². The molecule has 1 N–H and O–H groups in total. The van der Waals surface area contributed by atoms with Gasteiger partial charge in [0.2, 0.25) is 0 Å². The zero-order valence-electron chi connectivity index (χ0n) is 10.8. The molecule has 7 heteroatoms. The van der Waals surface area contributed by atoms with E-state index in [1.165, 1.54) is 0 Å². The predicted octanol–water partition coefficient (Wildman–Crippen LogP) is 0.558. The molecule has 1 aliphatic heterocycles. The molecule has 2 aromatic rings. The molecule has 1 saturated heterocycles. The number of aromatic nitrogens is 5. The number of H-pyrrole nitrogens is 1. The molecular formula is C12H16N6O. The first-order valence-corrected chi connectivity index (χ1v) is 6.39. The second-order valence-corrected chi connectivity index (χ2v) is 4.84. The van der Waals surface area contributed by atoms with E-state index in [0.29, 0.717) is 12.2 Å². The fourth-order valence-corrected chi connectivity index (χ4v) is 2.49. The van der Waals surface area contributed by atoms with Crippen LogP contribution in [-0.4, -0.2) is 48.9 Å². The van der Waals surface area contributed by atoms with Crippen molar-refractivity contribution in [1.29, 1.82) is 0 Å². The minimum Gasteiger partial charge on any atom is -0.348 e. The van der Waals surface area contributed by atoms with Crippen LogP contribution in [0.5, 0.6) is 0 Å². The van der Waals surface area contributed by atoms with Crippen LogP contribution >= 0.6 is 0 Å². The Morgan fingerprint density at radius 2 is 2.42 bits per heavy atom. The van der Waals surface area contributed by atoms with E-state index >= 15 is 0 Å². The molecule has 3 rings (SSSR count). The van der Waals surface area contributed by atoms with Crippen LogP contribution in [0.3, 0.4) is 0 Å². The van der Waals surface area contributed by atoms with Crippen LogP contribution in [0.4, 0.5) is 0 Å². The van der Waals surface area contributed by atoms with Gasteiger partial charge in [0.05, 0.1) is 6.20 Å². The lowest BCUT2D eigenvalue weighted by Crippen LogP contribution is -2.39. The number of piperidine rings is 1. The van der Waals surface area contributed by atoms with E-state index in [2.05, 4.69) is 20.3 Å². The van der Waals surface area contributed by atoms with Gasteiger partial charge >= 0.3 is 0 Å². The predicted molar refractivity (Wildman–Crippen MR) is 67.5 cm³/mol. The van der Waals surface area contributed by atoms with E-state index in [0.717, 1.165) is 25.2 Å². The maximum Gasteiger partial charge on any atom is 0.276 e. The Morgan fingerprint density at radius 3 is 3.11 bits per heavy atom. The highest BCUT2D eigenvalue weighted by molar-refractivity contribution is 5.92. The molecule has 2 aromatic heterocycles. The lowest BCUT2D eigenvalue weighted by molar-refractivity contribution is 0.0698. The number of hydrogen-bond acceptors (Lipinski definition) is 4. The average molecular weight is 260 g/mol. The highest BCUT2D eigenvalue weighted by Gasteiger charge is 2.27. The lowest BCUT2D eigenvalue weighted by Gasteiger charge is -2.31. The van der Waals surface area contributed by atoms with Gasteiger partial charge in [-0.1, -0.05) is 5.21 Å². The second kappa shape index (κ2) is 4.83. The van der Waals surface area contributed by atoms with Crippen molar-refractivity contribution >= 4 is 5.91 Å². The van der Waals surface area contributed by atoms with Crippen molar-refractivity contribution in [2.75, 3.05) is 13.1 Å². The van der Waals surface area contributed by atoms with Gasteiger partial charge in [-0.2, -0.15) is 0 Å². The number of carbonyl (C=O) groups is 1. The van der Waals surface area contributed by atoms with Crippen molar-refractivity contribution in [3.8, 4) is 0 Å². The van der Waals surface area contributed by atoms with Crippen LogP contribution < -0.4 is 0 Å². The Morgan fingerprint density at radius 1 is 1.53 bits per heavy atom. The molecule has 1 fully saturated rings. The first-order valence-electron chi connectivity index (χ1n) is 6.39. The van der Waals surface area contributed by atoms with Crippen molar-refractivity contribution in [1.82, 2.24) is 29.9 Å². The third-order valence-corrected chi connectivity index (χ3v) is 3.44. The number of aromatic amines is 1. The highest BCUT2D eigenvalue weighted by atomic mass is 16.2. The third kappa shape index (κ3) is 2.35. The first-order chi connectivity index (χ1) is 9.24. The van der Waals surface area contributed by atoms with Gasteiger partial charge in [0.25, 0.3) is 5.91 Å². The summed E-state index contributed by atoms with van der Waals surface area (Å²) in [6, 6.07) is 0. The van der Waals surface area contributed by atoms with Gasteiger partial charge in [0, 0.05) is 38.4 Å². The summed E-state index contributed by atoms with van der Waals surface area (Å²) in [7, 11) is 1.76. The van der Waals surface area contributed by atoms with Crippen LogP contribution in [0.1, 0.15) is 35.1 Å². The topological polar surface area (TPSA) is 79.7 Å². The maximum absolute atomic E-state index is 12.3. The Balaban J connectivity index is 1.73. The van der Waals surface area contributed by atoms with Gasteiger partial charge < -0.3 is 9.88 Å². The van der Waals surface area contributed by atoms with Crippen molar-refractivity contribution in [2.45, 2.75) is 18.8 Å². The second-order valence-electron chi connectivity index (χ2n) is 4.84. The van der Waals surface area contributed by atoms with Gasteiger partial charge in [-0.15, -0.1) is 5.10 Å². The summed E-state index contributed by atoms with van der Waals surface area (Å²) < 4.78 is 1.54. The quantitative estimate of drug-likeness (QED) is 0.855. The van der Waals surface area contributed by atoms with Crippen LogP contribution in [-0.2, 0) is 7.05 Å². The molecule has 100 valence electrons. The van der Waals surface area contributed by atoms with Crippen molar-refractivity contribution < 1.29 is 4.79 Å². The average Bonchev–Trinajstić information content (AvgIpc) is 3.09. The summed E-state index contributed by atoms with van der Waals surface area (Å²) in [6.07, 6.45) is 7.26. The van der Waals surface area contributed by atoms with E-state index in [1.807, 2.05) is 11.1 Å². The molecule has 1 amide bonds. The number of imidazole rings is 1. The number of carbonyl (C=O) groups excluding carboxylic acids is 1. The van der Waals surface area contributed by atoms with E-state index in [-0.39, 0.29) is 11.8 Å². The molecule has 7 nitrogen and oxygen atoms in total. The maximum atomic E-state index is 12.3. The van der Waals surface area contributed by atoms with Crippen molar-refractivity contribution in [2.24, 2.45) is 7.05 Å². The minimum atomic E-state index is -0.0515. The molecule has 3 heterocycles. The number of rotatable bonds is 2. The molecule has 0 bridgehead atoms. The summed E-state index contributed by atoms with van der Waals surface area (Å²) in [5.41, 5.74) is 0.405. The molecule has 1 atom stereocenters. The minimum absolute atomic E-state index is 0.0515. The summed E-state index contributed by atoms with van der Waals surface area (Å²) in [5.74, 6) is 1.19. The Labute approximate surface area is 110 Å². The normalized spacial score (nSPS) is 19.6. The molecule has 0 saturated carbocycles. The smallest absolute Gasteiger partial charge is 0.276 e. The number of nitrogens with zero attached hydrogens (tertiary/aromatic N) is 5. The fourth-order valence-electron chi connectivity index (χ4n) is 2.49. The Bertz CT molecular complexity index is 561.